The van der Waals surface area contributed by atoms with Crippen molar-refractivity contribution in [3.8, 4) is 0 Å². The lowest BCUT2D eigenvalue weighted by Gasteiger charge is -2.44. The molecule has 1 amide bonds. The van der Waals surface area contributed by atoms with E-state index in [0.29, 0.717) is 6.04 Å². The number of hydrogen-bond donors (Lipinski definition) is 1. The Bertz CT molecular complexity index is 753. The highest BCUT2D eigenvalue weighted by atomic mass is 19.4. The molecule has 4 rings (SSSR count). The Hall–Kier alpha value is -1.84. The zero-order chi connectivity index (χ0) is 21.7. The van der Waals surface area contributed by atoms with Gasteiger partial charge < -0.3 is 19.6 Å². The minimum atomic E-state index is -4.59. The summed E-state index contributed by atoms with van der Waals surface area (Å²) in [6.45, 7) is 7.73. The van der Waals surface area contributed by atoms with E-state index in [4.69, 9.17) is 4.52 Å². The van der Waals surface area contributed by atoms with Crippen molar-refractivity contribution < 1.29 is 22.5 Å². The minimum absolute atomic E-state index is 0.00849. The first-order chi connectivity index (χ1) is 14.0. The van der Waals surface area contributed by atoms with Crippen LogP contribution in [-0.4, -0.2) is 57.7 Å². The maximum absolute atomic E-state index is 12.8. The summed E-state index contributed by atoms with van der Waals surface area (Å²) in [6, 6.07) is 0.621. The summed E-state index contributed by atoms with van der Waals surface area (Å²) in [6.07, 6.45) is 0.692. The standard InChI is InChI=1S/C20H30F3N5O2/c1-19(2,3)25-16(29)12-6-8-27(9-7-12)15-10-13-4-5-14(11-15)28(13)18-24-17(26-30-18)20(21,22)23/h12-15H,4-11H2,1-3H3,(H,25,29)/t13-,14?,15?/m1/s1. The number of carbonyl (C=O) groups excluding carboxylic acids is 1. The highest BCUT2D eigenvalue weighted by Gasteiger charge is 2.46. The first-order valence-electron chi connectivity index (χ1n) is 10.8. The van der Waals surface area contributed by atoms with Crippen molar-refractivity contribution in [1.82, 2.24) is 20.4 Å². The van der Waals surface area contributed by atoms with Gasteiger partial charge in [0.15, 0.2) is 0 Å². The molecule has 3 aliphatic rings. The molecule has 168 valence electrons. The molecule has 10 heteroatoms. The number of rotatable bonds is 3. The Morgan fingerprint density at radius 1 is 1.03 bits per heavy atom. The van der Waals surface area contributed by atoms with Crippen molar-refractivity contribution in [2.75, 3.05) is 18.0 Å². The molecule has 0 radical (unpaired) electrons. The van der Waals surface area contributed by atoms with Crippen molar-refractivity contribution in [3.63, 3.8) is 0 Å². The largest absolute Gasteiger partial charge is 0.455 e. The van der Waals surface area contributed by atoms with E-state index in [1.807, 2.05) is 25.7 Å². The van der Waals surface area contributed by atoms with Crippen LogP contribution in [0.1, 0.15) is 65.1 Å². The van der Waals surface area contributed by atoms with Gasteiger partial charge in [-0.25, -0.2) is 0 Å². The van der Waals surface area contributed by atoms with Gasteiger partial charge in [-0.05, 0) is 77.5 Å². The number of nitrogens with zero attached hydrogens (tertiary/aromatic N) is 4. The van der Waals surface area contributed by atoms with Crippen LogP contribution in [0.3, 0.4) is 0 Å². The fourth-order valence-corrected chi connectivity index (χ4v) is 5.19. The van der Waals surface area contributed by atoms with Crippen LogP contribution in [0.25, 0.3) is 0 Å². The summed E-state index contributed by atoms with van der Waals surface area (Å²) < 4.78 is 43.4. The number of fused-ring (bicyclic) bond motifs is 2. The van der Waals surface area contributed by atoms with E-state index in [9.17, 15) is 18.0 Å². The van der Waals surface area contributed by atoms with Gasteiger partial charge >= 0.3 is 12.2 Å². The summed E-state index contributed by atoms with van der Waals surface area (Å²) in [7, 11) is 0. The van der Waals surface area contributed by atoms with E-state index >= 15 is 0 Å². The molecule has 3 aliphatic heterocycles. The van der Waals surface area contributed by atoms with Crippen LogP contribution in [0.15, 0.2) is 4.52 Å². The van der Waals surface area contributed by atoms with Crippen LogP contribution in [0.4, 0.5) is 19.2 Å². The number of halogens is 3. The van der Waals surface area contributed by atoms with Gasteiger partial charge in [-0.15, -0.1) is 0 Å². The zero-order valence-electron chi connectivity index (χ0n) is 17.7. The van der Waals surface area contributed by atoms with Gasteiger partial charge in [-0.3, -0.25) is 4.79 Å². The van der Waals surface area contributed by atoms with Gasteiger partial charge in [-0.1, -0.05) is 0 Å². The average Bonchev–Trinajstić information content (AvgIpc) is 3.22. The molecule has 4 heterocycles. The number of piperidine rings is 2. The van der Waals surface area contributed by atoms with Crippen LogP contribution in [0, 0.1) is 5.92 Å². The number of amides is 1. The fourth-order valence-electron chi connectivity index (χ4n) is 5.19. The minimum Gasteiger partial charge on any atom is -0.351 e. The highest BCUT2D eigenvalue weighted by molar-refractivity contribution is 5.79. The molecule has 7 nitrogen and oxygen atoms in total. The van der Waals surface area contributed by atoms with E-state index in [0.717, 1.165) is 51.6 Å². The lowest BCUT2D eigenvalue weighted by Crippen LogP contribution is -2.53. The second-order valence-corrected chi connectivity index (χ2v) is 9.87. The van der Waals surface area contributed by atoms with Gasteiger partial charge in [0.2, 0.25) is 5.91 Å². The van der Waals surface area contributed by atoms with Crippen molar-refractivity contribution >= 4 is 11.9 Å². The Morgan fingerprint density at radius 3 is 2.13 bits per heavy atom. The van der Waals surface area contributed by atoms with E-state index in [2.05, 4.69) is 20.4 Å². The molecule has 1 aromatic heterocycles. The summed E-state index contributed by atoms with van der Waals surface area (Å²) in [5.41, 5.74) is -0.221. The third-order valence-electron chi connectivity index (χ3n) is 6.51. The van der Waals surface area contributed by atoms with Gasteiger partial charge in [-0.2, -0.15) is 18.2 Å². The fraction of sp³-hybridized carbons (Fsp3) is 0.850. The van der Waals surface area contributed by atoms with Crippen molar-refractivity contribution in [1.29, 1.82) is 0 Å². The van der Waals surface area contributed by atoms with E-state index in [1.54, 1.807) is 0 Å². The van der Waals surface area contributed by atoms with E-state index in [-0.39, 0.29) is 35.5 Å². The quantitative estimate of drug-likeness (QED) is 0.795. The molecule has 3 saturated heterocycles. The third-order valence-corrected chi connectivity index (χ3v) is 6.51. The zero-order valence-corrected chi connectivity index (χ0v) is 17.7. The highest BCUT2D eigenvalue weighted by Crippen LogP contribution is 2.41. The second-order valence-electron chi connectivity index (χ2n) is 9.87. The molecule has 0 saturated carbocycles. The Morgan fingerprint density at radius 2 is 1.63 bits per heavy atom. The molecule has 0 aliphatic carbocycles. The number of anilines is 1. The average molecular weight is 429 g/mol. The molecular weight excluding hydrogens is 399 g/mol. The van der Waals surface area contributed by atoms with Crippen LogP contribution < -0.4 is 10.2 Å². The van der Waals surface area contributed by atoms with Gasteiger partial charge in [0.25, 0.3) is 5.82 Å². The monoisotopic (exact) mass is 429 g/mol. The SMILES string of the molecule is CC(C)(C)NC(=O)C1CCN(C2CC3CC[C@H](C2)N3c2nc(C(F)(F)F)no2)CC1. The van der Waals surface area contributed by atoms with Gasteiger partial charge in [0.05, 0.1) is 0 Å². The van der Waals surface area contributed by atoms with Gasteiger partial charge in [0.1, 0.15) is 0 Å². The maximum Gasteiger partial charge on any atom is 0.455 e. The lowest BCUT2D eigenvalue weighted by atomic mass is 9.90. The number of alkyl halides is 3. The molecule has 2 bridgehead atoms. The van der Waals surface area contributed by atoms with Gasteiger partial charge in [0, 0.05) is 29.6 Å². The van der Waals surface area contributed by atoms with Crippen molar-refractivity contribution in [3.05, 3.63) is 5.82 Å². The summed E-state index contributed by atoms with van der Waals surface area (Å²) in [5, 5.41) is 6.19. The number of aromatic nitrogens is 2. The summed E-state index contributed by atoms with van der Waals surface area (Å²) >= 11 is 0. The maximum atomic E-state index is 12.8. The molecule has 2 unspecified atom stereocenters. The van der Waals surface area contributed by atoms with E-state index in [1.165, 1.54) is 0 Å². The lowest BCUT2D eigenvalue weighted by molar-refractivity contribution is -0.146. The van der Waals surface area contributed by atoms with Crippen molar-refractivity contribution in [2.45, 2.75) is 89.1 Å². The molecule has 0 spiro atoms. The number of hydrogen-bond acceptors (Lipinski definition) is 6. The van der Waals surface area contributed by atoms with Crippen molar-refractivity contribution in [2.24, 2.45) is 5.92 Å². The first-order valence-corrected chi connectivity index (χ1v) is 10.8. The number of nitrogens with one attached hydrogen (secondary N) is 1. The molecule has 0 aromatic carbocycles. The number of likely N-dealkylation sites (tertiary alicyclic amines) is 1. The Balaban J connectivity index is 1.34. The second kappa shape index (κ2) is 7.69. The third kappa shape index (κ3) is 4.43. The molecule has 30 heavy (non-hydrogen) atoms. The molecule has 3 fully saturated rings. The molecule has 1 N–H and O–H groups in total. The Kier molecular flexibility index (Phi) is 5.48. The predicted octanol–water partition coefficient (Wildman–Crippen LogP) is 3.21. The molecule has 1 aromatic rings. The summed E-state index contributed by atoms with van der Waals surface area (Å²) in [4.78, 5) is 20.4. The van der Waals surface area contributed by atoms with Crippen LogP contribution in [0.5, 0.6) is 0 Å². The first kappa shape index (κ1) is 21.4. The Labute approximate surface area is 174 Å². The smallest absolute Gasteiger partial charge is 0.351 e. The van der Waals surface area contributed by atoms with Crippen LogP contribution >= 0.6 is 0 Å². The topological polar surface area (TPSA) is 74.5 Å². The van der Waals surface area contributed by atoms with Crippen LogP contribution in [-0.2, 0) is 11.0 Å². The normalized spacial score (nSPS) is 28.7. The summed E-state index contributed by atoms with van der Waals surface area (Å²) in [5.74, 6) is -1.03. The van der Waals surface area contributed by atoms with Crippen LogP contribution in [0.2, 0.25) is 0 Å². The molecular formula is C20H30F3N5O2. The molecule has 3 atom stereocenters. The predicted molar refractivity (Wildman–Crippen MR) is 104 cm³/mol. The number of carbonyl (C=O) groups is 1. The van der Waals surface area contributed by atoms with E-state index < -0.39 is 12.0 Å².